The van der Waals surface area contributed by atoms with Gasteiger partial charge in [0.15, 0.2) is 0 Å². The van der Waals surface area contributed by atoms with Gasteiger partial charge >= 0.3 is 6.09 Å². The molecule has 1 aliphatic carbocycles. The Morgan fingerprint density at radius 2 is 1.22 bits per heavy atom. The van der Waals surface area contributed by atoms with Crippen LogP contribution < -0.4 is 0 Å². The average Bonchev–Trinajstić information content (AvgIpc) is 2.76. The molecule has 1 amide bonds. The van der Waals surface area contributed by atoms with E-state index in [2.05, 4.69) is 0 Å². The molecule has 1 saturated heterocycles. The molecule has 7 nitrogen and oxygen atoms in total. The standard InChI is InChI=1S/C14H27NO4.C10H20O2.CH4/c1-13(2,3)19-12(16)15-9-6-14(18-5,7-10-15)8-11-17-4;1-11-9-8-10(12-2)6-4-3-5-7-10;/h6-11H2,1-5H3;3-9H2,1-2H3;1H4. The minimum Gasteiger partial charge on any atom is -0.444 e. The van der Waals surface area contributed by atoms with E-state index >= 15 is 0 Å². The Bertz CT molecular complexity index is 491. The minimum absolute atomic E-state index is 0. The van der Waals surface area contributed by atoms with Gasteiger partial charge in [-0.2, -0.15) is 0 Å². The van der Waals surface area contributed by atoms with E-state index in [1.54, 1.807) is 26.2 Å². The summed E-state index contributed by atoms with van der Waals surface area (Å²) in [6.07, 6.45) is 9.77. The van der Waals surface area contributed by atoms with Crippen LogP contribution in [0.4, 0.5) is 4.79 Å². The first-order chi connectivity index (χ1) is 14.6. The van der Waals surface area contributed by atoms with Crippen molar-refractivity contribution < 1.29 is 28.5 Å². The summed E-state index contributed by atoms with van der Waals surface area (Å²) in [5.74, 6) is 0. The van der Waals surface area contributed by atoms with Crippen molar-refractivity contribution in [2.45, 2.75) is 103 Å². The number of rotatable bonds is 8. The molecular formula is C25H51NO6. The second-order valence-corrected chi connectivity index (χ2v) is 9.79. The van der Waals surface area contributed by atoms with Gasteiger partial charge in [-0.3, -0.25) is 0 Å². The minimum atomic E-state index is -0.442. The smallest absolute Gasteiger partial charge is 0.410 e. The summed E-state index contributed by atoms with van der Waals surface area (Å²) in [5, 5.41) is 0. The Kier molecular flexibility index (Phi) is 14.7. The Morgan fingerprint density at radius 1 is 0.781 bits per heavy atom. The molecule has 32 heavy (non-hydrogen) atoms. The van der Waals surface area contributed by atoms with Crippen LogP contribution in [-0.4, -0.2) is 82.5 Å². The van der Waals surface area contributed by atoms with Crippen LogP contribution in [0.1, 0.15) is 86.0 Å². The molecule has 0 N–H and O–H groups in total. The van der Waals surface area contributed by atoms with Crippen LogP contribution in [0.3, 0.4) is 0 Å². The first-order valence-electron chi connectivity index (χ1n) is 11.7. The Hall–Kier alpha value is -0.890. The highest BCUT2D eigenvalue weighted by molar-refractivity contribution is 5.68. The predicted molar refractivity (Wildman–Crippen MR) is 129 cm³/mol. The van der Waals surface area contributed by atoms with Gasteiger partial charge in [-0.05, 0) is 59.3 Å². The van der Waals surface area contributed by atoms with E-state index in [4.69, 9.17) is 23.7 Å². The van der Waals surface area contributed by atoms with Gasteiger partial charge in [0.25, 0.3) is 0 Å². The highest BCUT2D eigenvalue weighted by Gasteiger charge is 2.37. The number of methoxy groups -OCH3 is 4. The van der Waals surface area contributed by atoms with E-state index in [0.29, 0.717) is 19.7 Å². The normalized spacial score (nSPS) is 19.9. The zero-order chi connectivity index (χ0) is 23.4. The van der Waals surface area contributed by atoms with E-state index < -0.39 is 5.60 Å². The van der Waals surface area contributed by atoms with Gasteiger partial charge in [-0.1, -0.05) is 26.7 Å². The van der Waals surface area contributed by atoms with Crippen molar-refractivity contribution in [1.82, 2.24) is 4.90 Å². The molecule has 0 spiro atoms. The second-order valence-electron chi connectivity index (χ2n) is 9.79. The maximum Gasteiger partial charge on any atom is 0.410 e. The van der Waals surface area contributed by atoms with Crippen LogP contribution in [0, 0.1) is 0 Å². The van der Waals surface area contributed by atoms with E-state index in [0.717, 1.165) is 32.3 Å². The zero-order valence-corrected chi connectivity index (χ0v) is 21.1. The lowest BCUT2D eigenvalue weighted by Crippen LogP contribution is -2.49. The Balaban J connectivity index is 0.000000639. The van der Waals surface area contributed by atoms with Gasteiger partial charge in [-0.25, -0.2) is 4.79 Å². The molecule has 0 atom stereocenters. The van der Waals surface area contributed by atoms with Gasteiger partial charge in [0.2, 0.25) is 0 Å². The van der Waals surface area contributed by atoms with Crippen LogP contribution in [0.5, 0.6) is 0 Å². The topological polar surface area (TPSA) is 66.5 Å². The zero-order valence-electron chi connectivity index (χ0n) is 21.1. The molecule has 0 aromatic heterocycles. The lowest BCUT2D eigenvalue weighted by atomic mass is 9.82. The van der Waals surface area contributed by atoms with Crippen molar-refractivity contribution in [3.05, 3.63) is 0 Å². The summed E-state index contributed by atoms with van der Waals surface area (Å²) in [7, 11) is 7.02. The SMILES string of the molecule is C.COCCC1(OC)CCCCC1.COCCC1(OC)CCN(C(=O)OC(C)(C)C)CC1. The largest absolute Gasteiger partial charge is 0.444 e. The summed E-state index contributed by atoms with van der Waals surface area (Å²) >= 11 is 0. The third-order valence-electron chi connectivity index (χ3n) is 6.48. The van der Waals surface area contributed by atoms with E-state index in [1.807, 2.05) is 27.9 Å². The molecule has 192 valence electrons. The third kappa shape index (κ3) is 10.8. The van der Waals surface area contributed by atoms with Crippen LogP contribution in [0.15, 0.2) is 0 Å². The van der Waals surface area contributed by atoms with Crippen molar-refractivity contribution in [2.24, 2.45) is 0 Å². The first-order valence-corrected chi connectivity index (χ1v) is 11.7. The number of hydrogen-bond donors (Lipinski definition) is 0. The molecule has 0 aromatic carbocycles. The number of hydrogen-bond acceptors (Lipinski definition) is 6. The molecule has 0 unspecified atom stereocenters. The summed E-state index contributed by atoms with van der Waals surface area (Å²) in [5.41, 5.74) is -0.453. The molecule has 0 radical (unpaired) electrons. The highest BCUT2D eigenvalue weighted by atomic mass is 16.6. The Morgan fingerprint density at radius 3 is 1.59 bits per heavy atom. The quantitative estimate of drug-likeness (QED) is 0.479. The maximum absolute atomic E-state index is 12.0. The number of piperidine rings is 1. The number of carbonyl (C=O) groups excluding carboxylic acids is 1. The molecule has 2 rings (SSSR count). The van der Waals surface area contributed by atoms with Gasteiger partial charge in [0.05, 0.1) is 11.2 Å². The number of amides is 1. The number of nitrogens with zero attached hydrogens (tertiary/aromatic N) is 1. The molecule has 7 heteroatoms. The fourth-order valence-corrected chi connectivity index (χ4v) is 4.31. The number of likely N-dealkylation sites (tertiary alicyclic amines) is 1. The van der Waals surface area contributed by atoms with Gasteiger partial charge in [0.1, 0.15) is 5.60 Å². The molecule has 1 heterocycles. The van der Waals surface area contributed by atoms with E-state index in [1.165, 1.54) is 32.1 Å². The molecule has 0 aromatic rings. The van der Waals surface area contributed by atoms with Crippen molar-refractivity contribution in [1.29, 1.82) is 0 Å². The predicted octanol–water partition coefficient (Wildman–Crippen LogP) is 5.45. The van der Waals surface area contributed by atoms with Crippen molar-refractivity contribution in [2.75, 3.05) is 54.7 Å². The van der Waals surface area contributed by atoms with Crippen LogP contribution in [-0.2, 0) is 23.7 Å². The van der Waals surface area contributed by atoms with Crippen molar-refractivity contribution in [3.63, 3.8) is 0 Å². The third-order valence-corrected chi connectivity index (χ3v) is 6.48. The first kappa shape index (κ1) is 31.1. The van der Waals surface area contributed by atoms with Crippen LogP contribution in [0.2, 0.25) is 0 Å². The summed E-state index contributed by atoms with van der Waals surface area (Å²) < 4.78 is 26.9. The number of carbonyl (C=O) groups is 1. The lowest BCUT2D eigenvalue weighted by molar-refractivity contribution is -0.0744. The van der Waals surface area contributed by atoms with Gasteiger partial charge < -0.3 is 28.6 Å². The highest BCUT2D eigenvalue weighted by Crippen LogP contribution is 2.33. The summed E-state index contributed by atoms with van der Waals surface area (Å²) in [4.78, 5) is 13.7. The van der Waals surface area contributed by atoms with Crippen molar-refractivity contribution >= 4 is 6.09 Å². The molecule has 0 bridgehead atoms. The van der Waals surface area contributed by atoms with Crippen LogP contribution in [0.25, 0.3) is 0 Å². The fourth-order valence-electron chi connectivity index (χ4n) is 4.31. The van der Waals surface area contributed by atoms with E-state index in [-0.39, 0.29) is 24.7 Å². The Labute approximate surface area is 197 Å². The fraction of sp³-hybridized carbons (Fsp3) is 0.960. The summed E-state index contributed by atoms with van der Waals surface area (Å²) in [6.45, 7) is 8.50. The molecular weight excluding hydrogens is 410 g/mol. The molecule has 1 saturated carbocycles. The molecule has 2 aliphatic rings. The lowest BCUT2D eigenvalue weighted by Gasteiger charge is -2.41. The van der Waals surface area contributed by atoms with E-state index in [9.17, 15) is 4.79 Å². The molecule has 2 fully saturated rings. The van der Waals surface area contributed by atoms with Gasteiger partial charge in [-0.15, -0.1) is 0 Å². The van der Waals surface area contributed by atoms with Crippen LogP contribution >= 0.6 is 0 Å². The van der Waals surface area contributed by atoms with Gasteiger partial charge in [0, 0.05) is 54.7 Å². The average molecular weight is 462 g/mol. The summed E-state index contributed by atoms with van der Waals surface area (Å²) in [6, 6.07) is 0. The molecule has 1 aliphatic heterocycles. The van der Waals surface area contributed by atoms with Crippen molar-refractivity contribution in [3.8, 4) is 0 Å². The maximum atomic E-state index is 12.0. The second kappa shape index (κ2) is 15.1. The number of ether oxygens (including phenoxy) is 5. The monoisotopic (exact) mass is 461 g/mol.